The SMILES string of the molecule is Cc1ccc(CN(C(=O)CN(c2ccccc2Cl)S(=O)(=O)c2ccc(C)cc2)C(C)C(=O)NC(C)C)cc1. The molecule has 0 aromatic heterocycles. The highest BCUT2D eigenvalue weighted by atomic mass is 35.5. The zero-order valence-electron chi connectivity index (χ0n) is 22.3. The van der Waals surface area contributed by atoms with Crippen LogP contribution < -0.4 is 9.62 Å². The monoisotopic (exact) mass is 555 g/mol. The molecule has 38 heavy (non-hydrogen) atoms. The number of anilines is 1. The second-order valence-corrected chi connectivity index (χ2v) is 11.9. The van der Waals surface area contributed by atoms with Gasteiger partial charge in [0.15, 0.2) is 0 Å². The van der Waals surface area contributed by atoms with Crippen molar-refractivity contribution in [3.63, 3.8) is 0 Å². The van der Waals surface area contributed by atoms with Gasteiger partial charge in [-0.15, -0.1) is 0 Å². The first kappa shape index (κ1) is 29.2. The summed E-state index contributed by atoms with van der Waals surface area (Å²) in [5, 5.41) is 3.03. The van der Waals surface area contributed by atoms with Gasteiger partial charge in [0, 0.05) is 12.6 Å². The number of nitrogens with one attached hydrogen (secondary N) is 1. The number of rotatable bonds is 10. The lowest BCUT2D eigenvalue weighted by atomic mass is 10.1. The number of aryl methyl sites for hydroxylation is 2. The van der Waals surface area contributed by atoms with Gasteiger partial charge in [0.1, 0.15) is 12.6 Å². The van der Waals surface area contributed by atoms with E-state index in [2.05, 4.69) is 5.32 Å². The van der Waals surface area contributed by atoms with Crippen molar-refractivity contribution in [1.29, 1.82) is 0 Å². The van der Waals surface area contributed by atoms with Crippen molar-refractivity contribution >= 4 is 39.1 Å². The van der Waals surface area contributed by atoms with Gasteiger partial charge in [-0.1, -0.05) is 71.3 Å². The molecule has 202 valence electrons. The summed E-state index contributed by atoms with van der Waals surface area (Å²) < 4.78 is 28.6. The minimum absolute atomic E-state index is 0.0338. The summed E-state index contributed by atoms with van der Waals surface area (Å²) in [5.41, 5.74) is 2.96. The minimum Gasteiger partial charge on any atom is -0.352 e. The molecule has 0 saturated heterocycles. The third-order valence-corrected chi connectivity index (χ3v) is 8.17. The van der Waals surface area contributed by atoms with Crippen LogP contribution in [0.15, 0.2) is 77.7 Å². The Labute approximate surface area is 230 Å². The molecular weight excluding hydrogens is 522 g/mol. The summed E-state index contributed by atoms with van der Waals surface area (Å²) in [5.74, 6) is -0.862. The molecule has 1 N–H and O–H groups in total. The standard InChI is InChI=1S/C29H34ClN3O4S/c1-20(2)31-29(35)23(5)32(18-24-14-10-21(3)11-15-24)28(34)19-33(27-9-7-6-8-26(27)30)38(36,37)25-16-12-22(4)13-17-25/h6-17,20,23H,18-19H2,1-5H3,(H,31,35). The summed E-state index contributed by atoms with van der Waals surface area (Å²) in [6.45, 7) is 8.73. The van der Waals surface area contributed by atoms with Gasteiger partial charge in [0.2, 0.25) is 11.8 Å². The van der Waals surface area contributed by atoms with Crippen LogP contribution in [0.2, 0.25) is 5.02 Å². The van der Waals surface area contributed by atoms with E-state index in [4.69, 9.17) is 11.6 Å². The van der Waals surface area contributed by atoms with Crippen LogP contribution in [-0.2, 0) is 26.2 Å². The van der Waals surface area contributed by atoms with Gasteiger partial charge in [-0.25, -0.2) is 8.42 Å². The van der Waals surface area contributed by atoms with E-state index < -0.39 is 28.5 Å². The smallest absolute Gasteiger partial charge is 0.264 e. The van der Waals surface area contributed by atoms with E-state index in [0.29, 0.717) is 0 Å². The maximum Gasteiger partial charge on any atom is 0.264 e. The van der Waals surface area contributed by atoms with Gasteiger partial charge < -0.3 is 10.2 Å². The van der Waals surface area contributed by atoms with Crippen molar-refractivity contribution < 1.29 is 18.0 Å². The highest BCUT2D eigenvalue weighted by Gasteiger charge is 2.33. The van der Waals surface area contributed by atoms with Crippen LogP contribution in [0.4, 0.5) is 5.69 Å². The molecule has 0 aliphatic rings. The molecule has 0 saturated carbocycles. The summed E-state index contributed by atoms with van der Waals surface area (Å²) in [7, 11) is -4.16. The van der Waals surface area contributed by atoms with Crippen molar-refractivity contribution in [2.24, 2.45) is 0 Å². The molecule has 1 atom stereocenters. The Morgan fingerprint density at radius 2 is 1.42 bits per heavy atom. The van der Waals surface area contributed by atoms with Crippen molar-refractivity contribution in [3.05, 3.63) is 94.5 Å². The van der Waals surface area contributed by atoms with E-state index in [-0.39, 0.29) is 34.1 Å². The van der Waals surface area contributed by atoms with Crippen molar-refractivity contribution in [2.45, 2.75) is 58.1 Å². The molecule has 3 aromatic rings. The van der Waals surface area contributed by atoms with E-state index in [9.17, 15) is 18.0 Å². The summed E-state index contributed by atoms with van der Waals surface area (Å²) >= 11 is 6.42. The third-order valence-electron chi connectivity index (χ3n) is 6.08. The number of hydrogen-bond acceptors (Lipinski definition) is 4. The van der Waals surface area contributed by atoms with Crippen LogP contribution >= 0.6 is 11.6 Å². The summed E-state index contributed by atoms with van der Waals surface area (Å²) in [6.07, 6.45) is 0. The molecule has 0 radical (unpaired) electrons. The number of carbonyl (C=O) groups is 2. The van der Waals surface area contributed by atoms with Crippen LogP contribution in [0.5, 0.6) is 0 Å². The zero-order chi connectivity index (χ0) is 28.0. The number of para-hydroxylation sites is 1. The number of hydrogen-bond donors (Lipinski definition) is 1. The van der Waals surface area contributed by atoms with E-state index >= 15 is 0 Å². The molecule has 3 rings (SSSR count). The van der Waals surface area contributed by atoms with Crippen molar-refractivity contribution in [3.8, 4) is 0 Å². The number of amides is 2. The minimum atomic E-state index is -4.16. The fourth-order valence-corrected chi connectivity index (χ4v) is 5.60. The predicted molar refractivity (Wildman–Crippen MR) is 152 cm³/mol. The van der Waals surface area contributed by atoms with Crippen molar-refractivity contribution in [1.82, 2.24) is 10.2 Å². The van der Waals surface area contributed by atoms with E-state index in [1.807, 2.05) is 52.0 Å². The van der Waals surface area contributed by atoms with Crippen molar-refractivity contribution in [2.75, 3.05) is 10.8 Å². The Morgan fingerprint density at radius 3 is 1.97 bits per heavy atom. The molecule has 9 heteroatoms. The number of sulfonamides is 1. The van der Waals surface area contributed by atoms with Crippen LogP contribution in [0.1, 0.15) is 37.5 Å². The molecule has 0 fully saturated rings. The van der Waals surface area contributed by atoms with Crippen LogP contribution in [0.25, 0.3) is 0 Å². The van der Waals surface area contributed by atoms with E-state index in [0.717, 1.165) is 21.0 Å². The van der Waals surface area contributed by atoms with Crippen LogP contribution in [0.3, 0.4) is 0 Å². The molecule has 0 aliphatic carbocycles. The fraction of sp³-hybridized carbons (Fsp3) is 0.310. The molecule has 0 bridgehead atoms. The Kier molecular flexibility index (Phi) is 9.57. The van der Waals surface area contributed by atoms with E-state index in [1.54, 1.807) is 43.3 Å². The maximum absolute atomic E-state index is 13.9. The average Bonchev–Trinajstić information content (AvgIpc) is 2.86. The lowest BCUT2D eigenvalue weighted by molar-refractivity contribution is -0.139. The average molecular weight is 556 g/mol. The topological polar surface area (TPSA) is 86.8 Å². The first-order valence-corrected chi connectivity index (χ1v) is 14.2. The lowest BCUT2D eigenvalue weighted by Crippen LogP contribution is -2.52. The number of carbonyl (C=O) groups excluding carboxylic acids is 2. The first-order valence-electron chi connectivity index (χ1n) is 12.4. The Bertz CT molecular complexity index is 1370. The number of halogens is 1. The summed E-state index contributed by atoms with van der Waals surface area (Å²) in [6, 6.07) is 19.5. The Balaban J connectivity index is 2.04. The number of benzene rings is 3. The fourth-order valence-electron chi connectivity index (χ4n) is 3.88. The zero-order valence-corrected chi connectivity index (χ0v) is 23.9. The second kappa shape index (κ2) is 12.5. The van der Waals surface area contributed by atoms with Crippen LogP contribution in [-0.4, -0.2) is 43.8 Å². The largest absolute Gasteiger partial charge is 0.352 e. The van der Waals surface area contributed by atoms with Gasteiger partial charge in [-0.05, 0) is 64.4 Å². The Hall–Kier alpha value is -3.36. The molecule has 0 aliphatic heterocycles. The van der Waals surface area contributed by atoms with Gasteiger partial charge in [-0.2, -0.15) is 0 Å². The molecule has 7 nitrogen and oxygen atoms in total. The molecule has 0 heterocycles. The van der Waals surface area contributed by atoms with E-state index in [1.165, 1.54) is 17.0 Å². The van der Waals surface area contributed by atoms with Gasteiger partial charge in [-0.3, -0.25) is 13.9 Å². The molecular formula is C29H34ClN3O4S. The normalized spacial score (nSPS) is 12.2. The van der Waals surface area contributed by atoms with Gasteiger partial charge >= 0.3 is 0 Å². The van der Waals surface area contributed by atoms with Crippen LogP contribution in [0, 0.1) is 13.8 Å². The number of nitrogens with zero attached hydrogens (tertiary/aromatic N) is 2. The molecule has 1 unspecified atom stereocenters. The maximum atomic E-state index is 13.9. The quantitative estimate of drug-likeness (QED) is 0.377. The van der Waals surface area contributed by atoms with Gasteiger partial charge in [0.05, 0.1) is 15.6 Å². The third kappa shape index (κ3) is 7.14. The molecule has 3 aromatic carbocycles. The highest BCUT2D eigenvalue weighted by Crippen LogP contribution is 2.31. The predicted octanol–water partition coefficient (Wildman–Crippen LogP) is 5.09. The highest BCUT2D eigenvalue weighted by molar-refractivity contribution is 7.92. The summed E-state index contributed by atoms with van der Waals surface area (Å²) in [4.78, 5) is 28.2. The lowest BCUT2D eigenvalue weighted by Gasteiger charge is -2.32. The molecule has 0 spiro atoms. The molecule has 2 amide bonds. The Morgan fingerprint density at radius 1 is 0.868 bits per heavy atom. The second-order valence-electron chi connectivity index (χ2n) is 9.62. The first-order chi connectivity index (χ1) is 17.9. The van der Waals surface area contributed by atoms with Gasteiger partial charge in [0.25, 0.3) is 10.0 Å².